The molecule has 0 fully saturated rings. The van der Waals surface area contributed by atoms with E-state index < -0.39 is 0 Å². The maximum absolute atomic E-state index is 13.1. The first-order chi connectivity index (χ1) is 15.9. The van der Waals surface area contributed by atoms with Crippen LogP contribution in [0.1, 0.15) is 27.4 Å². The van der Waals surface area contributed by atoms with Gasteiger partial charge in [0, 0.05) is 10.4 Å². The van der Waals surface area contributed by atoms with Crippen molar-refractivity contribution in [1.29, 1.82) is 0 Å². The summed E-state index contributed by atoms with van der Waals surface area (Å²) in [5, 5.41) is 13.5. The Balaban J connectivity index is 1.46. The summed E-state index contributed by atoms with van der Waals surface area (Å²) >= 11 is 2.99. The molecular weight excluding hydrogens is 452 g/mol. The number of hydrogen-bond acceptors (Lipinski definition) is 7. The molecule has 0 saturated heterocycles. The van der Waals surface area contributed by atoms with Crippen LogP contribution in [-0.2, 0) is 5.75 Å². The van der Waals surface area contributed by atoms with Crippen molar-refractivity contribution in [2.75, 3.05) is 0 Å². The first-order valence-electron chi connectivity index (χ1n) is 10.5. The number of H-pyrrole nitrogens is 1. The van der Waals surface area contributed by atoms with Crippen molar-refractivity contribution in [3.05, 3.63) is 80.2 Å². The van der Waals surface area contributed by atoms with E-state index in [0.29, 0.717) is 22.1 Å². The molecule has 0 atom stereocenters. The zero-order chi connectivity index (χ0) is 23.1. The lowest BCUT2D eigenvalue weighted by Gasteiger charge is -2.09. The van der Waals surface area contributed by atoms with E-state index >= 15 is 0 Å². The minimum Gasteiger partial charge on any atom is -0.309 e. The van der Waals surface area contributed by atoms with Crippen molar-refractivity contribution in [3.8, 4) is 16.8 Å². The van der Waals surface area contributed by atoms with Crippen molar-refractivity contribution in [1.82, 2.24) is 30.2 Å². The molecule has 0 aliphatic carbocycles. The van der Waals surface area contributed by atoms with Gasteiger partial charge in [-0.05, 0) is 60.9 Å². The second-order valence-electron chi connectivity index (χ2n) is 7.97. The Kier molecular flexibility index (Phi) is 5.59. The van der Waals surface area contributed by atoms with Crippen LogP contribution in [0.5, 0.6) is 0 Å². The predicted octanol–water partition coefficient (Wildman–Crippen LogP) is 5.15. The molecular formula is C24H22N6OS2. The Morgan fingerprint density at radius 3 is 2.64 bits per heavy atom. The van der Waals surface area contributed by atoms with Gasteiger partial charge < -0.3 is 4.98 Å². The third kappa shape index (κ3) is 3.98. The molecule has 9 heteroatoms. The van der Waals surface area contributed by atoms with Gasteiger partial charge in [-0.1, -0.05) is 53.7 Å². The average molecular weight is 475 g/mol. The molecule has 5 rings (SSSR count). The van der Waals surface area contributed by atoms with Gasteiger partial charge in [-0.3, -0.25) is 4.79 Å². The number of thiophene rings is 1. The van der Waals surface area contributed by atoms with Crippen molar-refractivity contribution >= 4 is 33.3 Å². The van der Waals surface area contributed by atoms with Crippen LogP contribution in [0.15, 0.2) is 52.4 Å². The zero-order valence-electron chi connectivity index (χ0n) is 18.7. The van der Waals surface area contributed by atoms with Crippen molar-refractivity contribution < 1.29 is 0 Å². The summed E-state index contributed by atoms with van der Waals surface area (Å²) in [6.45, 7) is 8.21. The quantitative estimate of drug-likeness (QED) is 0.354. The highest BCUT2D eigenvalue weighted by Crippen LogP contribution is 2.36. The maximum Gasteiger partial charge on any atom is 0.260 e. The zero-order valence-corrected chi connectivity index (χ0v) is 20.3. The smallest absolute Gasteiger partial charge is 0.260 e. The van der Waals surface area contributed by atoms with Crippen LogP contribution >= 0.6 is 23.1 Å². The molecule has 0 aliphatic rings. The first-order valence-corrected chi connectivity index (χ1v) is 12.3. The van der Waals surface area contributed by atoms with Gasteiger partial charge in [-0.25, -0.2) is 4.98 Å². The lowest BCUT2D eigenvalue weighted by atomic mass is 10.0. The Hall–Kier alpha value is -3.30. The Morgan fingerprint density at radius 2 is 1.85 bits per heavy atom. The van der Waals surface area contributed by atoms with E-state index in [1.54, 1.807) is 16.0 Å². The van der Waals surface area contributed by atoms with Gasteiger partial charge in [0.1, 0.15) is 10.7 Å². The lowest BCUT2D eigenvalue weighted by molar-refractivity contribution is 0.750. The molecule has 1 N–H and O–H groups in total. The van der Waals surface area contributed by atoms with E-state index in [1.807, 2.05) is 19.1 Å². The van der Waals surface area contributed by atoms with Gasteiger partial charge in [0.15, 0.2) is 0 Å². The summed E-state index contributed by atoms with van der Waals surface area (Å²) < 4.78 is 1.73. The van der Waals surface area contributed by atoms with Crippen molar-refractivity contribution in [2.24, 2.45) is 0 Å². The van der Waals surface area contributed by atoms with Crippen LogP contribution in [0.25, 0.3) is 27.0 Å². The number of hydrogen-bond donors (Lipinski definition) is 1. The Bertz CT molecular complexity index is 1530. The van der Waals surface area contributed by atoms with Crippen LogP contribution in [0, 0.1) is 27.7 Å². The fourth-order valence-electron chi connectivity index (χ4n) is 3.82. The largest absolute Gasteiger partial charge is 0.309 e. The SMILES string of the molecule is Cc1ccc(-c2c(C)sc3nc(CSc4nnnn4-c4cccc(C)c4C)[nH]c(=O)c23)cc1. The third-order valence-electron chi connectivity index (χ3n) is 5.71. The molecule has 0 aliphatic heterocycles. The number of nitrogens with zero attached hydrogens (tertiary/aromatic N) is 5. The molecule has 0 unspecified atom stereocenters. The fourth-order valence-corrected chi connectivity index (χ4v) is 5.64. The molecule has 0 bridgehead atoms. The molecule has 3 aromatic heterocycles. The highest BCUT2D eigenvalue weighted by atomic mass is 32.2. The van der Waals surface area contributed by atoms with Crippen LogP contribution in [0.3, 0.4) is 0 Å². The van der Waals surface area contributed by atoms with Crippen LogP contribution in [0.4, 0.5) is 0 Å². The third-order valence-corrected chi connectivity index (χ3v) is 7.64. The van der Waals surface area contributed by atoms with E-state index in [9.17, 15) is 4.79 Å². The number of fused-ring (bicyclic) bond motifs is 1. The number of aryl methyl sites for hydroxylation is 3. The summed E-state index contributed by atoms with van der Waals surface area (Å²) in [5.74, 6) is 1.05. The molecule has 5 aromatic rings. The highest BCUT2D eigenvalue weighted by Gasteiger charge is 2.18. The molecule has 0 amide bonds. The standard InChI is InChI=1S/C24H22N6OS2/c1-13-8-10-17(11-9-13)20-16(4)33-23-21(20)22(31)25-19(26-23)12-32-24-27-28-29-30(24)18-7-5-6-14(2)15(18)3/h5-11H,12H2,1-4H3,(H,25,26,31). The number of nitrogens with one attached hydrogen (secondary N) is 1. The molecule has 2 aromatic carbocycles. The number of thioether (sulfide) groups is 1. The van der Waals surface area contributed by atoms with E-state index in [-0.39, 0.29) is 5.56 Å². The first kappa shape index (κ1) is 21.5. The summed E-state index contributed by atoms with van der Waals surface area (Å²) in [5.41, 5.74) is 6.30. The summed E-state index contributed by atoms with van der Waals surface area (Å²) in [6, 6.07) is 14.3. The van der Waals surface area contributed by atoms with Crippen LogP contribution < -0.4 is 5.56 Å². The second kappa shape index (κ2) is 8.57. The van der Waals surface area contributed by atoms with E-state index in [0.717, 1.165) is 32.1 Å². The maximum atomic E-state index is 13.1. The van der Waals surface area contributed by atoms with Gasteiger partial charge in [-0.15, -0.1) is 16.4 Å². The molecule has 0 radical (unpaired) electrons. The minimum atomic E-state index is -0.121. The summed E-state index contributed by atoms with van der Waals surface area (Å²) in [4.78, 5) is 22.6. The Morgan fingerprint density at radius 1 is 1.06 bits per heavy atom. The number of aromatic amines is 1. The number of benzene rings is 2. The van der Waals surface area contributed by atoms with Crippen molar-refractivity contribution in [2.45, 2.75) is 38.6 Å². The van der Waals surface area contributed by atoms with E-state index in [1.165, 1.54) is 22.9 Å². The lowest BCUT2D eigenvalue weighted by Crippen LogP contribution is -2.11. The fraction of sp³-hybridized carbons (Fsp3) is 0.208. The topological polar surface area (TPSA) is 89.3 Å². The Labute approximate surface area is 198 Å². The van der Waals surface area contributed by atoms with Gasteiger partial charge in [-0.2, -0.15) is 4.68 Å². The monoisotopic (exact) mass is 474 g/mol. The van der Waals surface area contributed by atoms with Gasteiger partial charge >= 0.3 is 0 Å². The molecule has 0 spiro atoms. The number of tetrazole rings is 1. The van der Waals surface area contributed by atoms with Gasteiger partial charge in [0.25, 0.3) is 5.56 Å². The molecule has 3 heterocycles. The summed E-state index contributed by atoms with van der Waals surface area (Å²) in [6.07, 6.45) is 0. The van der Waals surface area contributed by atoms with Gasteiger partial charge in [0.2, 0.25) is 5.16 Å². The van der Waals surface area contributed by atoms with E-state index in [2.05, 4.69) is 71.6 Å². The molecule has 33 heavy (non-hydrogen) atoms. The van der Waals surface area contributed by atoms with E-state index in [4.69, 9.17) is 4.98 Å². The molecule has 0 saturated carbocycles. The molecule has 166 valence electrons. The highest BCUT2D eigenvalue weighted by molar-refractivity contribution is 7.98. The second-order valence-corrected chi connectivity index (χ2v) is 10.1. The predicted molar refractivity (Wildman–Crippen MR) is 133 cm³/mol. The molecule has 7 nitrogen and oxygen atoms in total. The van der Waals surface area contributed by atoms with Crippen LogP contribution in [0.2, 0.25) is 0 Å². The normalized spacial score (nSPS) is 11.4. The number of aromatic nitrogens is 6. The minimum absolute atomic E-state index is 0.121. The average Bonchev–Trinajstić information content (AvgIpc) is 3.39. The van der Waals surface area contributed by atoms with Gasteiger partial charge in [0.05, 0.1) is 16.8 Å². The summed E-state index contributed by atoms with van der Waals surface area (Å²) in [7, 11) is 0. The number of rotatable bonds is 5. The van der Waals surface area contributed by atoms with Crippen molar-refractivity contribution in [3.63, 3.8) is 0 Å². The van der Waals surface area contributed by atoms with Crippen LogP contribution in [-0.4, -0.2) is 30.2 Å².